The fourth-order valence-corrected chi connectivity index (χ4v) is 5.85. The number of nitrogens with two attached hydrogens (primary N) is 1. The molecule has 2 aliphatic rings. The molecule has 0 spiro atoms. The van der Waals surface area contributed by atoms with Gasteiger partial charge in [-0.05, 0) is 26.7 Å². The lowest BCUT2D eigenvalue weighted by atomic mass is 9.79. The van der Waals surface area contributed by atoms with Crippen molar-refractivity contribution in [1.82, 2.24) is 21.4 Å². The quantitative estimate of drug-likeness (QED) is 0.0631. The zero-order valence-electron chi connectivity index (χ0n) is 19.7. The fraction of sp³-hybridized carbons (Fsp3) is 0.857. The summed E-state index contributed by atoms with van der Waals surface area (Å²) in [7, 11) is 0. The van der Waals surface area contributed by atoms with Crippen molar-refractivity contribution in [3.8, 4) is 0 Å². The van der Waals surface area contributed by atoms with Gasteiger partial charge in [0.1, 0.15) is 0 Å². The molecular weight excluding hydrogens is 450 g/mol. The summed E-state index contributed by atoms with van der Waals surface area (Å²) in [6.45, 7) is 7.12. The number of unbranched alkanes of at least 4 members (excludes halogenated alkanes) is 1. The zero-order chi connectivity index (χ0) is 24.2. The first kappa shape index (κ1) is 27.6. The molecule has 0 aromatic carbocycles. The molecule has 0 aromatic heterocycles. The molecule has 0 bridgehead atoms. The Hall–Kier alpha value is -1.60. The van der Waals surface area contributed by atoms with E-state index in [0.29, 0.717) is 57.9 Å². The Balaban J connectivity index is 1.38. The van der Waals surface area contributed by atoms with Crippen molar-refractivity contribution in [1.29, 1.82) is 0 Å². The highest BCUT2D eigenvalue weighted by atomic mass is 32.2. The Labute approximate surface area is 199 Å². The van der Waals surface area contributed by atoms with Crippen molar-refractivity contribution in [2.75, 3.05) is 51.9 Å². The van der Waals surface area contributed by atoms with E-state index in [4.69, 9.17) is 20.1 Å². The summed E-state index contributed by atoms with van der Waals surface area (Å²) in [5.74, 6) is 5.63. The Morgan fingerprint density at radius 1 is 1.00 bits per heavy atom. The number of carbonyl (C=O) groups is 3. The maximum atomic E-state index is 12.0. The second kappa shape index (κ2) is 14.0. The number of rotatable bonds is 17. The molecule has 0 saturated carbocycles. The van der Waals surface area contributed by atoms with Gasteiger partial charge in [0.25, 0.3) is 0 Å². The topological polar surface area (TPSA) is 153 Å². The molecule has 0 unspecified atom stereocenters. The number of amides is 4. The first-order valence-electron chi connectivity index (χ1n) is 11.5. The van der Waals surface area contributed by atoms with Gasteiger partial charge in [0.15, 0.2) is 0 Å². The number of urea groups is 1. The van der Waals surface area contributed by atoms with Crippen molar-refractivity contribution in [3.63, 3.8) is 0 Å². The monoisotopic (exact) mass is 489 g/mol. The van der Waals surface area contributed by atoms with Crippen LogP contribution >= 0.6 is 11.8 Å². The molecule has 2 rings (SSSR count). The van der Waals surface area contributed by atoms with Crippen LogP contribution in [0.5, 0.6) is 0 Å². The van der Waals surface area contributed by atoms with E-state index in [1.807, 2.05) is 17.2 Å². The van der Waals surface area contributed by atoms with Gasteiger partial charge in [-0.3, -0.25) is 15.0 Å². The van der Waals surface area contributed by atoms with Crippen molar-refractivity contribution in [2.24, 2.45) is 5.84 Å². The molecule has 2 fully saturated rings. The highest BCUT2D eigenvalue weighted by molar-refractivity contribution is 8.00. The van der Waals surface area contributed by atoms with Crippen LogP contribution in [0.15, 0.2) is 0 Å². The van der Waals surface area contributed by atoms with Crippen LogP contribution in [0, 0.1) is 0 Å². The van der Waals surface area contributed by atoms with Gasteiger partial charge >= 0.3 is 6.03 Å². The van der Waals surface area contributed by atoms with Crippen molar-refractivity contribution in [2.45, 2.75) is 62.3 Å². The lowest BCUT2D eigenvalue weighted by Gasteiger charge is -2.35. The van der Waals surface area contributed by atoms with Crippen LogP contribution in [0.2, 0.25) is 0 Å². The maximum absolute atomic E-state index is 12.0. The molecule has 3 atom stereocenters. The van der Waals surface area contributed by atoms with Gasteiger partial charge in [-0.25, -0.2) is 10.6 Å². The summed E-state index contributed by atoms with van der Waals surface area (Å²) in [6, 6.07) is -0.0850. The van der Waals surface area contributed by atoms with Gasteiger partial charge in [-0.2, -0.15) is 11.8 Å². The summed E-state index contributed by atoms with van der Waals surface area (Å²) < 4.78 is 16.0. The number of nitrogens with one attached hydrogen (secondary N) is 4. The van der Waals surface area contributed by atoms with Crippen molar-refractivity contribution < 1.29 is 28.6 Å². The molecule has 12 heteroatoms. The third kappa shape index (κ3) is 8.60. The van der Waals surface area contributed by atoms with Crippen molar-refractivity contribution in [3.05, 3.63) is 0 Å². The number of fused-ring (bicyclic) bond motifs is 1. The molecule has 6 N–H and O–H groups in total. The Morgan fingerprint density at radius 3 is 2.36 bits per heavy atom. The number of ether oxygens (including phenoxy) is 3. The SMILES string of the molecule is C[C@]12CS[C@@H](CCCCC(=O)NCCOCCOCCOCCC(=O)NN)[C@@]1(C)NC(=O)N2. The predicted octanol–water partition coefficient (Wildman–Crippen LogP) is 0.0384. The fourth-order valence-electron chi connectivity index (χ4n) is 3.96. The molecule has 11 nitrogen and oxygen atoms in total. The molecule has 2 aliphatic heterocycles. The van der Waals surface area contributed by atoms with Crippen LogP contribution in [0.1, 0.15) is 46.0 Å². The van der Waals surface area contributed by atoms with E-state index in [0.717, 1.165) is 25.0 Å². The zero-order valence-corrected chi connectivity index (χ0v) is 20.5. The van der Waals surface area contributed by atoms with E-state index in [9.17, 15) is 14.4 Å². The lowest BCUT2D eigenvalue weighted by molar-refractivity contribution is -0.123. The largest absolute Gasteiger partial charge is 0.379 e. The van der Waals surface area contributed by atoms with E-state index < -0.39 is 0 Å². The molecule has 2 saturated heterocycles. The molecule has 190 valence electrons. The average molecular weight is 490 g/mol. The summed E-state index contributed by atoms with van der Waals surface area (Å²) in [4.78, 5) is 34.7. The van der Waals surface area contributed by atoms with Crippen LogP contribution in [0.3, 0.4) is 0 Å². The lowest BCUT2D eigenvalue weighted by Crippen LogP contribution is -2.58. The van der Waals surface area contributed by atoms with E-state index >= 15 is 0 Å². The van der Waals surface area contributed by atoms with Gasteiger partial charge in [0.2, 0.25) is 11.8 Å². The second-order valence-corrected chi connectivity index (χ2v) is 9.85. The maximum Gasteiger partial charge on any atom is 0.315 e. The highest BCUT2D eigenvalue weighted by Gasteiger charge is 2.60. The summed E-state index contributed by atoms with van der Waals surface area (Å²) >= 11 is 1.89. The van der Waals surface area contributed by atoms with Gasteiger partial charge in [-0.1, -0.05) is 6.42 Å². The normalized spacial score (nSPS) is 25.9. The average Bonchev–Trinajstić information content (AvgIpc) is 3.15. The van der Waals surface area contributed by atoms with E-state index in [1.165, 1.54) is 0 Å². The molecule has 0 aliphatic carbocycles. The summed E-state index contributed by atoms with van der Waals surface area (Å²) in [6.07, 6.45) is 3.46. The van der Waals surface area contributed by atoms with Crippen LogP contribution in [-0.2, 0) is 23.8 Å². The van der Waals surface area contributed by atoms with Gasteiger partial charge in [-0.15, -0.1) is 0 Å². The third-order valence-corrected chi connectivity index (χ3v) is 8.05. The number of thioether (sulfide) groups is 1. The summed E-state index contributed by atoms with van der Waals surface area (Å²) in [5.41, 5.74) is 1.58. The standard InChI is InChI=1S/C21H39N5O6S/c1-20-15-33-16(21(20,2)25-19(29)24-20)5-3-4-6-17(27)23-8-10-31-12-14-32-13-11-30-9-7-18(28)26-22/h16H,3-15,22H2,1-2H3,(H,23,27)(H,26,28)(H2,24,25,29)/t16-,20-,21+/m0/s1. The third-order valence-electron chi connectivity index (χ3n) is 6.19. The second-order valence-electron chi connectivity index (χ2n) is 8.66. The minimum atomic E-state index is -0.264. The van der Waals surface area contributed by atoms with E-state index in [1.54, 1.807) is 0 Å². The molecule has 4 amide bonds. The Morgan fingerprint density at radius 2 is 1.67 bits per heavy atom. The Bertz CT molecular complexity index is 657. The van der Waals surface area contributed by atoms with Crippen LogP contribution in [0.4, 0.5) is 4.79 Å². The minimum absolute atomic E-state index is 0.0290. The minimum Gasteiger partial charge on any atom is -0.379 e. The molecule has 0 radical (unpaired) electrons. The van der Waals surface area contributed by atoms with Crippen LogP contribution in [0.25, 0.3) is 0 Å². The van der Waals surface area contributed by atoms with Gasteiger partial charge in [0, 0.05) is 24.0 Å². The molecule has 33 heavy (non-hydrogen) atoms. The highest BCUT2D eigenvalue weighted by Crippen LogP contribution is 2.47. The first-order chi connectivity index (χ1) is 15.8. The number of hydrazine groups is 1. The number of carbonyl (C=O) groups excluding carboxylic acids is 3. The van der Waals surface area contributed by atoms with Gasteiger partial charge in [0.05, 0.1) is 57.1 Å². The van der Waals surface area contributed by atoms with Crippen LogP contribution in [-0.4, -0.2) is 86.1 Å². The number of hydrogen-bond acceptors (Lipinski definition) is 8. The van der Waals surface area contributed by atoms with Crippen LogP contribution < -0.4 is 27.2 Å². The van der Waals surface area contributed by atoms with E-state index in [-0.39, 0.29) is 35.3 Å². The van der Waals surface area contributed by atoms with Gasteiger partial charge < -0.3 is 30.2 Å². The smallest absolute Gasteiger partial charge is 0.315 e. The molecular formula is C21H39N5O6S. The summed E-state index contributed by atoms with van der Waals surface area (Å²) in [5, 5.41) is 9.38. The number of hydrogen-bond donors (Lipinski definition) is 5. The van der Waals surface area contributed by atoms with Crippen molar-refractivity contribution >= 4 is 29.6 Å². The first-order valence-corrected chi connectivity index (χ1v) is 12.6. The van der Waals surface area contributed by atoms with E-state index in [2.05, 4.69) is 29.8 Å². The molecule has 0 aromatic rings. The Kier molecular flexibility index (Phi) is 11.7. The predicted molar refractivity (Wildman–Crippen MR) is 126 cm³/mol. The molecule has 2 heterocycles.